The normalized spacial score (nSPS) is 20.2. The molecule has 1 atom stereocenters. The molecule has 6 heteroatoms. The summed E-state index contributed by atoms with van der Waals surface area (Å²) in [4.78, 5) is 13.6. The molecule has 2 rings (SSSR count). The highest BCUT2D eigenvalue weighted by Gasteiger charge is 2.35. The Morgan fingerprint density at radius 1 is 1.44 bits per heavy atom. The lowest BCUT2D eigenvalue weighted by atomic mass is 10.1. The molecule has 0 fully saturated rings. The molecule has 1 aromatic carbocycles. The molecule has 1 aliphatic rings. The van der Waals surface area contributed by atoms with Crippen molar-refractivity contribution in [3.05, 3.63) is 29.8 Å². The lowest BCUT2D eigenvalue weighted by Crippen LogP contribution is -2.39. The Morgan fingerprint density at radius 2 is 2.11 bits per heavy atom. The van der Waals surface area contributed by atoms with Gasteiger partial charge in [-0.15, -0.1) is 0 Å². The van der Waals surface area contributed by atoms with Crippen molar-refractivity contribution in [3.63, 3.8) is 0 Å². The van der Waals surface area contributed by atoms with Crippen molar-refractivity contribution in [2.24, 2.45) is 0 Å². The highest BCUT2D eigenvalue weighted by molar-refractivity contribution is 7.91. The smallest absolute Gasteiger partial charge is 0.317 e. The predicted molar refractivity (Wildman–Crippen MR) is 68.1 cm³/mol. The Kier molecular flexibility index (Phi) is 3.30. The highest BCUT2D eigenvalue weighted by Crippen LogP contribution is 2.32. The minimum Gasteiger partial charge on any atom is -0.330 e. The third kappa shape index (κ3) is 2.20. The SMILES string of the molecule is CCN(C)C(=O)NC1CS(=O)(=O)c2ccccc21. The van der Waals surface area contributed by atoms with Crippen LogP contribution in [0.3, 0.4) is 0 Å². The Morgan fingerprint density at radius 3 is 2.78 bits per heavy atom. The number of sulfone groups is 1. The molecule has 2 amide bonds. The van der Waals surface area contributed by atoms with Gasteiger partial charge in [-0.2, -0.15) is 0 Å². The van der Waals surface area contributed by atoms with Crippen molar-refractivity contribution in [2.75, 3.05) is 19.3 Å². The lowest BCUT2D eigenvalue weighted by Gasteiger charge is -2.19. The average Bonchev–Trinajstić information content (AvgIpc) is 2.61. The van der Waals surface area contributed by atoms with E-state index < -0.39 is 15.9 Å². The van der Waals surface area contributed by atoms with Crippen LogP contribution in [0.1, 0.15) is 18.5 Å². The zero-order valence-electron chi connectivity index (χ0n) is 10.4. The van der Waals surface area contributed by atoms with Crippen LogP contribution in [0.2, 0.25) is 0 Å². The first kappa shape index (κ1) is 12.9. The molecule has 0 radical (unpaired) electrons. The molecule has 0 spiro atoms. The molecular formula is C12H16N2O3S. The van der Waals surface area contributed by atoms with Crippen LogP contribution in [0.25, 0.3) is 0 Å². The number of nitrogens with one attached hydrogen (secondary N) is 1. The molecule has 18 heavy (non-hydrogen) atoms. The van der Waals surface area contributed by atoms with Crippen LogP contribution in [0, 0.1) is 0 Å². The zero-order chi connectivity index (χ0) is 13.3. The van der Waals surface area contributed by atoms with Gasteiger partial charge in [-0.3, -0.25) is 0 Å². The van der Waals surface area contributed by atoms with Gasteiger partial charge in [0, 0.05) is 13.6 Å². The van der Waals surface area contributed by atoms with Crippen LogP contribution in [0.5, 0.6) is 0 Å². The Balaban J connectivity index is 2.26. The van der Waals surface area contributed by atoms with E-state index in [2.05, 4.69) is 5.32 Å². The van der Waals surface area contributed by atoms with Crippen LogP contribution in [-0.4, -0.2) is 38.7 Å². The monoisotopic (exact) mass is 268 g/mol. The fraction of sp³-hybridized carbons (Fsp3) is 0.417. The van der Waals surface area contributed by atoms with E-state index in [0.717, 1.165) is 0 Å². The first-order valence-corrected chi connectivity index (χ1v) is 7.44. The van der Waals surface area contributed by atoms with Crippen LogP contribution in [-0.2, 0) is 9.84 Å². The number of hydrogen-bond acceptors (Lipinski definition) is 3. The van der Waals surface area contributed by atoms with Crippen molar-refractivity contribution < 1.29 is 13.2 Å². The number of benzene rings is 1. The summed E-state index contributed by atoms with van der Waals surface area (Å²) in [7, 11) is -1.59. The van der Waals surface area contributed by atoms with Crippen molar-refractivity contribution in [1.29, 1.82) is 0 Å². The third-order valence-corrected chi connectivity index (χ3v) is 4.95. The second kappa shape index (κ2) is 4.61. The maximum absolute atomic E-state index is 11.9. The van der Waals surface area contributed by atoms with E-state index in [0.29, 0.717) is 17.0 Å². The number of nitrogens with zero attached hydrogens (tertiary/aromatic N) is 1. The van der Waals surface area contributed by atoms with E-state index in [9.17, 15) is 13.2 Å². The molecule has 1 N–H and O–H groups in total. The molecule has 1 aromatic rings. The summed E-state index contributed by atoms with van der Waals surface area (Å²) in [5.41, 5.74) is 0.676. The highest BCUT2D eigenvalue weighted by atomic mass is 32.2. The Hall–Kier alpha value is -1.56. The predicted octanol–water partition coefficient (Wildman–Crippen LogP) is 1.18. The number of carbonyl (C=O) groups is 1. The number of carbonyl (C=O) groups excluding carboxylic acids is 1. The molecular weight excluding hydrogens is 252 g/mol. The second-order valence-corrected chi connectivity index (χ2v) is 6.34. The summed E-state index contributed by atoms with van der Waals surface area (Å²) >= 11 is 0. The number of amides is 2. The standard InChI is InChI=1S/C12H16N2O3S/c1-3-14(2)12(15)13-10-8-18(16,17)11-7-5-4-6-9(10)11/h4-7,10H,3,8H2,1-2H3,(H,13,15). The topological polar surface area (TPSA) is 66.5 Å². The van der Waals surface area contributed by atoms with Crippen molar-refractivity contribution in [2.45, 2.75) is 17.9 Å². The van der Waals surface area contributed by atoms with Crippen LogP contribution in [0.15, 0.2) is 29.2 Å². The number of hydrogen-bond donors (Lipinski definition) is 1. The zero-order valence-corrected chi connectivity index (χ0v) is 11.2. The fourth-order valence-electron chi connectivity index (χ4n) is 1.97. The number of fused-ring (bicyclic) bond motifs is 1. The molecule has 0 saturated heterocycles. The minimum absolute atomic E-state index is 0.0599. The number of rotatable bonds is 2. The van der Waals surface area contributed by atoms with Crippen LogP contribution in [0.4, 0.5) is 4.79 Å². The molecule has 5 nitrogen and oxygen atoms in total. The third-order valence-electron chi connectivity index (χ3n) is 3.13. The molecule has 0 aliphatic carbocycles. The largest absolute Gasteiger partial charge is 0.330 e. The molecule has 1 heterocycles. The molecule has 1 aliphatic heterocycles. The van der Waals surface area contributed by atoms with Gasteiger partial charge in [0.15, 0.2) is 9.84 Å². The second-order valence-electron chi connectivity index (χ2n) is 4.34. The first-order chi connectivity index (χ1) is 8.45. The van der Waals surface area contributed by atoms with E-state index in [1.807, 2.05) is 6.92 Å². The molecule has 0 saturated carbocycles. The van der Waals surface area contributed by atoms with Crippen LogP contribution >= 0.6 is 0 Å². The Labute approximate surface area is 107 Å². The summed E-state index contributed by atoms with van der Waals surface area (Å²) in [6.45, 7) is 2.44. The van der Waals surface area contributed by atoms with E-state index in [-0.39, 0.29) is 11.8 Å². The van der Waals surface area contributed by atoms with E-state index in [1.165, 1.54) is 4.90 Å². The molecule has 98 valence electrons. The molecule has 0 bridgehead atoms. The number of urea groups is 1. The fourth-order valence-corrected chi connectivity index (χ4v) is 3.71. The first-order valence-electron chi connectivity index (χ1n) is 5.79. The summed E-state index contributed by atoms with van der Waals surface area (Å²) in [5, 5.41) is 2.75. The van der Waals surface area contributed by atoms with Crippen LogP contribution < -0.4 is 5.32 Å². The summed E-state index contributed by atoms with van der Waals surface area (Å²) in [5.74, 6) is -0.0599. The van der Waals surface area contributed by atoms with Crippen molar-refractivity contribution in [3.8, 4) is 0 Å². The van der Waals surface area contributed by atoms with Crippen molar-refractivity contribution >= 4 is 15.9 Å². The average molecular weight is 268 g/mol. The minimum atomic E-state index is -3.27. The maximum Gasteiger partial charge on any atom is 0.317 e. The van der Waals surface area contributed by atoms with Gasteiger partial charge in [0.1, 0.15) is 0 Å². The summed E-state index contributed by atoms with van der Waals surface area (Å²) in [6, 6.07) is 6.10. The molecule has 1 unspecified atom stereocenters. The van der Waals surface area contributed by atoms with Gasteiger partial charge in [-0.05, 0) is 18.6 Å². The summed E-state index contributed by atoms with van der Waals surface area (Å²) in [6.07, 6.45) is 0. The van der Waals surface area contributed by atoms with Gasteiger partial charge in [0.2, 0.25) is 0 Å². The van der Waals surface area contributed by atoms with Gasteiger partial charge < -0.3 is 10.2 Å². The van der Waals surface area contributed by atoms with Gasteiger partial charge in [-0.25, -0.2) is 13.2 Å². The quantitative estimate of drug-likeness (QED) is 0.875. The van der Waals surface area contributed by atoms with E-state index >= 15 is 0 Å². The van der Waals surface area contributed by atoms with E-state index in [1.54, 1.807) is 31.3 Å². The van der Waals surface area contributed by atoms with Crippen molar-refractivity contribution in [1.82, 2.24) is 10.2 Å². The van der Waals surface area contributed by atoms with Gasteiger partial charge >= 0.3 is 6.03 Å². The van der Waals surface area contributed by atoms with Gasteiger partial charge in [0.25, 0.3) is 0 Å². The van der Waals surface area contributed by atoms with E-state index in [4.69, 9.17) is 0 Å². The van der Waals surface area contributed by atoms with Gasteiger partial charge in [0.05, 0.1) is 16.7 Å². The summed E-state index contributed by atoms with van der Waals surface area (Å²) < 4.78 is 23.8. The lowest BCUT2D eigenvalue weighted by molar-refractivity contribution is 0.208. The molecule has 0 aromatic heterocycles. The maximum atomic E-state index is 11.9. The Bertz CT molecular complexity index is 568. The van der Waals surface area contributed by atoms with Gasteiger partial charge in [-0.1, -0.05) is 18.2 Å².